The summed E-state index contributed by atoms with van der Waals surface area (Å²) in [6, 6.07) is 0. The summed E-state index contributed by atoms with van der Waals surface area (Å²) in [5, 5.41) is 31.7. The number of hydrogen-bond acceptors (Lipinski definition) is 10. The second kappa shape index (κ2) is 17.6. The maximum absolute atomic E-state index is 13.0. The lowest BCUT2D eigenvalue weighted by molar-refractivity contribution is -0.150. The standard InChI is InChI=1S/C34H58N2O9/c1-10-26(38)24(3)31-28(44-31)22-33(4,41)17-12-13-23(2)27-14-11-15-29(45-32(40)36(8)20-19-35(6)7)34(5,42-9)18-16-25(37)21-30(39)43-27/h11-13,15,17,24-29,31,37-38,41H,10,14,16,18-22H2,1-9H3/b15-11+,17-12+,23-13+/t24?,25?,26?,27-,28?,29-,31?,33?,34?/m0/s1. The van der Waals surface area contributed by atoms with Crippen LogP contribution in [0.4, 0.5) is 4.79 Å². The molecule has 2 rings (SSSR count). The second-order valence-electron chi connectivity index (χ2n) is 13.4. The zero-order valence-corrected chi connectivity index (χ0v) is 28.8. The fraction of sp³-hybridized carbons (Fsp3) is 0.765. The number of esters is 1. The Bertz CT molecular complexity index is 1040. The predicted octanol–water partition coefficient (Wildman–Crippen LogP) is 3.61. The first-order chi connectivity index (χ1) is 21.0. The molecule has 11 heteroatoms. The van der Waals surface area contributed by atoms with Crippen LogP contribution in [0.15, 0.2) is 36.0 Å². The van der Waals surface area contributed by atoms with Crippen molar-refractivity contribution in [1.82, 2.24) is 9.80 Å². The summed E-state index contributed by atoms with van der Waals surface area (Å²) in [6.07, 6.45) is 7.06. The summed E-state index contributed by atoms with van der Waals surface area (Å²) in [5.41, 5.74) is -1.34. The van der Waals surface area contributed by atoms with E-state index in [-0.39, 0.29) is 31.0 Å². The number of aliphatic hydroxyl groups is 3. The summed E-state index contributed by atoms with van der Waals surface area (Å²) in [7, 11) is 7.08. The molecule has 1 amide bonds. The van der Waals surface area contributed by atoms with Gasteiger partial charge in [0.15, 0.2) is 6.10 Å². The number of hydrogen-bond donors (Lipinski definition) is 3. The van der Waals surface area contributed by atoms with Crippen molar-refractivity contribution >= 4 is 12.1 Å². The van der Waals surface area contributed by atoms with Crippen LogP contribution in [0.5, 0.6) is 0 Å². The van der Waals surface area contributed by atoms with Crippen LogP contribution in [-0.4, -0.2) is 126 Å². The van der Waals surface area contributed by atoms with Gasteiger partial charge in [-0.25, -0.2) is 4.79 Å². The number of ether oxygens (including phenoxy) is 4. The number of cyclic esters (lactones) is 1. The van der Waals surface area contributed by atoms with Gasteiger partial charge in [0.05, 0.1) is 36.4 Å². The van der Waals surface area contributed by atoms with Gasteiger partial charge in [-0.1, -0.05) is 38.2 Å². The SMILES string of the molecule is CCC(O)C(C)C1OC1CC(C)(O)/C=C/C=C(\C)[C@@H]1C/C=C/[C@H](OC(=O)N(C)CCN(C)C)C(C)(OC)CCC(O)CC(=O)O1. The minimum Gasteiger partial charge on any atom is -0.457 e. The van der Waals surface area contributed by atoms with Crippen LogP contribution in [0.25, 0.3) is 0 Å². The van der Waals surface area contributed by atoms with Crippen molar-refractivity contribution in [3.8, 4) is 0 Å². The molecule has 45 heavy (non-hydrogen) atoms. The number of aliphatic hydroxyl groups excluding tert-OH is 2. The van der Waals surface area contributed by atoms with Crippen molar-refractivity contribution in [1.29, 1.82) is 0 Å². The monoisotopic (exact) mass is 638 g/mol. The van der Waals surface area contributed by atoms with Crippen LogP contribution in [0.3, 0.4) is 0 Å². The fourth-order valence-corrected chi connectivity index (χ4v) is 5.34. The van der Waals surface area contributed by atoms with Crippen molar-refractivity contribution in [3.05, 3.63) is 36.0 Å². The number of methoxy groups -OCH3 is 1. The topological polar surface area (TPSA) is 142 Å². The maximum Gasteiger partial charge on any atom is 0.410 e. The minimum atomic E-state index is -1.14. The van der Waals surface area contributed by atoms with E-state index in [1.807, 2.05) is 52.8 Å². The molecule has 0 aromatic heterocycles. The van der Waals surface area contributed by atoms with E-state index in [9.17, 15) is 24.9 Å². The number of likely N-dealkylation sites (N-methyl/N-ethyl adjacent to an activating group) is 2. The Morgan fingerprint density at radius 2 is 1.98 bits per heavy atom. The number of nitrogens with zero attached hydrogens (tertiary/aromatic N) is 2. The van der Waals surface area contributed by atoms with Gasteiger partial charge in [0.25, 0.3) is 0 Å². The molecule has 0 radical (unpaired) electrons. The normalized spacial score (nSPS) is 31.7. The molecule has 3 N–H and O–H groups in total. The highest BCUT2D eigenvalue weighted by atomic mass is 16.6. The molecule has 2 aliphatic rings. The van der Waals surface area contributed by atoms with E-state index in [2.05, 4.69) is 0 Å². The smallest absolute Gasteiger partial charge is 0.410 e. The number of carbonyl (C=O) groups is 2. The summed E-state index contributed by atoms with van der Waals surface area (Å²) < 4.78 is 23.2. The lowest BCUT2D eigenvalue weighted by Gasteiger charge is -2.36. The van der Waals surface area contributed by atoms with Crippen LogP contribution < -0.4 is 0 Å². The van der Waals surface area contributed by atoms with Crippen molar-refractivity contribution in [2.24, 2.45) is 5.92 Å². The molecule has 7 unspecified atom stereocenters. The Balaban J connectivity index is 2.19. The van der Waals surface area contributed by atoms with Crippen LogP contribution in [0, 0.1) is 5.92 Å². The van der Waals surface area contributed by atoms with Crippen molar-refractivity contribution in [3.63, 3.8) is 0 Å². The highest BCUT2D eigenvalue weighted by molar-refractivity contribution is 5.70. The molecule has 2 aliphatic heterocycles. The van der Waals surface area contributed by atoms with Crippen LogP contribution in [0.2, 0.25) is 0 Å². The lowest BCUT2D eigenvalue weighted by Crippen LogP contribution is -2.46. The molecule has 9 atom stereocenters. The molecule has 1 saturated heterocycles. The largest absolute Gasteiger partial charge is 0.457 e. The first-order valence-electron chi connectivity index (χ1n) is 16.1. The second-order valence-corrected chi connectivity index (χ2v) is 13.4. The van der Waals surface area contributed by atoms with Gasteiger partial charge in [0.1, 0.15) is 11.7 Å². The van der Waals surface area contributed by atoms with Crippen molar-refractivity contribution < 1.29 is 43.9 Å². The van der Waals surface area contributed by atoms with E-state index in [4.69, 9.17) is 18.9 Å². The third-order valence-corrected chi connectivity index (χ3v) is 8.90. The molecule has 258 valence electrons. The number of epoxide rings is 1. The Morgan fingerprint density at radius 3 is 2.60 bits per heavy atom. The molecule has 1 fully saturated rings. The van der Waals surface area contributed by atoms with Gasteiger partial charge < -0.3 is 44.1 Å². The predicted molar refractivity (Wildman–Crippen MR) is 173 cm³/mol. The molecule has 11 nitrogen and oxygen atoms in total. The van der Waals surface area contributed by atoms with E-state index in [1.165, 1.54) is 4.90 Å². The molecule has 0 aliphatic carbocycles. The van der Waals surface area contributed by atoms with Gasteiger partial charge in [-0.05, 0) is 65.8 Å². The molecule has 0 aromatic carbocycles. The number of amides is 1. The molecule has 0 spiro atoms. The maximum atomic E-state index is 13.0. The lowest BCUT2D eigenvalue weighted by atomic mass is 9.90. The highest BCUT2D eigenvalue weighted by Crippen LogP contribution is 2.37. The number of carbonyl (C=O) groups excluding carboxylic acids is 2. The van der Waals surface area contributed by atoms with Gasteiger partial charge in [-0.3, -0.25) is 4.79 Å². The Kier molecular flexibility index (Phi) is 15.2. The average molecular weight is 639 g/mol. The summed E-state index contributed by atoms with van der Waals surface area (Å²) in [4.78, 5) is 29.2. The third kappa shape index (κ3) is 12.8. The molecular formula is C34H58N2O9. The number of allylic oxidation sites excluding steroid dienone is 2. The quantitative estimate of drug-likeness (QED) is 0.119. The van der Waals surface area contributed by atoms with E-state index in [1.54, 1.807) is 45.4 Å². The fourth-order valence-electron chi connectivity index (χ4n) is 5.34. The summed E-state index contributed by atoms with van der Waals surface area (Å²) >= 11 is 0. The van der Waals surface area contributed by atoms with Crippen molar-refractivity contribution in [2.75, 3.05) is 41.3 Å². The van der Waals surface area contributed by atoms with E-state index < -0.39 is 47.7 Å². The van der Waals surface area contributed by atoms with Gasteiger partial charge in [-0.2, -0.15) is 0 Å². The van der Waals surface area contributed by atoms with Crippen LogP contribution >= 0.6 is 0 Å². The molecule has 0 saturated carbocycles. The van der Waals surface area contributed by atoms with Gasteiger partial charge >= 0.3 is 12.1 Å². The third-order valence-electron chi connectivity index (χ3n) is 8.90. The van der Waals surface area contributed by atoms with Crippen LogP contribution in [0.1, 0.15) is 73.1 Å². The Hall–Kier alpha value is -2.28. The van der Waals surface area contributed by atoms with Gasteiger partial charge in [0.2, 0.25) is 0 Å². The number of rotatable bonds is 13. The highest BCUT2D eigenvalue weighted by Gasteiger charge is 2.47. The molecule has 0 aromatic rings. The average Bonchev–Trinajstić information content (AvgIpc) is 3.73. The van der Waals surface area contributed by atoms with Crippen LogP contribution in [-0.2, 0) is 23.7 Å². The van der Waals surface area contributed by atoms with E-state index >= 15 is 0 Å². The summed E-state index contributed by atoms with van der Waals surface area (Å²) in [6.45, 7) is 10.4. The minimum absolute atomic E-state index is 0.00173. The van der Waals surface area contributed by atoms with Gasteiger partial charge in [-0.15, -0.1) is 0 Å². The Morgan fingerprint density at radius 1 is 1.29 bits per heavy atom. The Labute approximate surface area is 269 Å². The zero-order chi connectivity index (χ0) is 33.9. The van der Waals surface area contributed by atoms with Crippen molar-refractivity contribution in [2.45, 2.75) is 121 Å². The van der Waals surface area contributed by atoms with E-state index in [0.29, 0.717) is 38.8 Å². The molecule has 0 bridgehead atoms. The first kappa shape index (κ1) is 38.9. The van der Waals surface area contributed by atoms with E-state index in [0.717, 1.165) is 5.57 Å². The first-order valence-corrected chi connectivity index (χ1v) is 16.1. The molecular weight excluding hydrogens is 580 g/mol. The summed E-state index contributed by atoms with van der Waals surface area (Å²) in [5.74, 6) is -0.520. The zero-order valence-electron chi connectivity index (χ0n) is 28.8. The molecule has 2 heterocycles. The van der Waals surface area contributed by atoms with Gasteiger partial charge in [0, 0.05) is 46.0 Å².